The van der Waals surface area contributed by atoms with Crippen molar-refractivity contribution in [3.63, 3.8) is 0 Å². The summed E-state index contributed by atoms with van der Waals surface area (Å²) in [6.07, 6.45) is 2.05. The van der Waals surface area contributed by atoms with Gasteiger partial charge < -0.3 is 10.4 Å². The maximum Gasteiger partial charge on any atom is 0.270 e. The summed E-state index contributed by atoms with van der Waals surface area (Å²) < 4.78 is 1.35. The van der Waals surface area contributed by atoms with Crippen molar-refractivity contribution in [1.29, 1.82) is 0 Å². The monoisotopic (exact) mass is 329 g/mol. The molecule has 0 spiro atoms. The molecule has 3 heterocycles. The number of aliphatic hydroxyl groups excluding tert-OH is 1. The fourth-order valence-corrected chi connectivity index (χ4v) is 2.98. The lowest BCUT2D eigenvalue weighted by Gasteiger charge is -2.11. The number of carbonyl (C=O) groups excluding carboxylic acids is 1. The van der Waals surface area contributed by atoms with Gasteiger partial charge in [0.05, 0.1) is 6.10 Å². The Labute approximate surface area is 136 Å². The van der Waals surface area contributed by atoms with E-state index in [9.17, 15) is 14.7 Å². The Kier molecular flexibility index (Phi) is 4.22. The molecule has 1 unspecified atom stereocenters. The maximum atomic E-state index is 12.4. The van der Waals surface area contributed by atoms with Crippen molar-refractivity contribution in [3.8, 4) is 0 Å². The van der Waals surface area contributed by atoms with Gasteiger partial charge in [0.1, 0.15) is 11.2 Å². The minimum absolute atomic E-state index is 0.0333. The van der Waals surface area contributed by atoms with Gasteiger partial charge in [-0.3, -0.25) is 14.0 Å². The van der Waals surface area contributed by atoms with Crippen molar-refractivity contribution < 1.29 is 9.90 Å². The van der Waals surface area contributed by atoms with Crippen molar-refractivity contribution in [2.24, 2.45) is 0 Å². The third-order valence-electron chi connectivity index (χ3n) is 3.56. The van der Waals surface area contributed by atoms with Gasteiger partial charge in [0.15, 0.2) is 0 Å². The van der Waals surface area contributed by atoms with Gasteiger partial charge in [0.2, 0.25) is 0 Å². The van der Waals surface area contributed by atoms with Gasteiger partial charge in [-0.1, -0.05) is 6.07 Å². The molecule has 0 fully saturated rings. The number of amides is 1. The number of pyridine rings is 1. The lowest BCUT2D eigenvalue weighted by atomic mass is 10.2. The smallest absolute Gasteiger partial charge is 0.270 e. The van der Waals surface area contributed by atoms with Crippen LogP contribution in [-0.4, -0.2) is 26.9 Å². The zero-order valence-corrected chi connectivity index (χ0v) is 13.2. The summed E-state index contributed by atoms with van der Waals surface area (Å²) in [5.74, 6) is -0.548. The van der Waals surface area contributed by atoms with Crippen LogP contribution in [0.5, 0.6) is 0 Å². The number of nitrogens with one attached hydrogen (secondary N) is 1. The highest BCUT2D eigenvalue weighted by Crippen LogP contribution is 2.15. The zero-order chi connectivity index (χ0) is 16.4. The second-order valence-electron chi connectivity index (χ2n) is 5.14. The molecule has 0 saturated heterocycles. The molecule has 0 aliphatic rings. The number of carbonyl (C=O) groups is 1. The first-order chi connectivity index (χ1) is 11.1. The van der Waals surface area contributed by atoms with E-state index < -0.39 is 17.6 Å². The van der Waals surface area contributed by atoms with E-state index in [0.29, 0.717) is 5.65 Å². The Morgan fingerprint density at radius 1 is 1.48 bits per heavy atom. The first-order valence-corrected chi connectivity index (χ1v) is 7.97. The average molecular weight is 329 g/mol. The van der Waals surface area contributed by atoms with Crippen molar-refractivity contribution in [1.82, 2.24) is 14.7 Å². The number of aliphatic hydroxyl groups is 1. The number of rotatable bonds is 4. The standard InChI is InChI=1S/C16H15N3O3S/c1-10-3-2-5-19-14(10)17-7-12(16(19)22)15(21)18-8-13(20)11-4-6-23-9-11/h2-7,9,13,20H,8H2,1H3,(H,18,21). The van der Waals surface area contributed by atoms with Gasteiger partial charge in [-0.05, 0) is 40.9 Å². The number of hydrogen-bond donors (Lipinski definition) is 2. The molecule has 0 saturated carbocycles. The lowest BCUT2D eigenvalue weighted by molar-refractivity contribution is 0.0914. The van der Waals surface area contributed by atoms with Crippen LogP contribution in [0.3, 0.4) is 0 Å². The first kappa shape index (κ1) is 15.4. The fraction of sp³-hybridized carbons (Fsp3) is 0.188. The molecule has 7 heteroatoms. The highest BCUT2D eigenvalue weighted by atomic mass is 32.1. The van der Waals surface area contributed by atoms with E-state index in [1.54, 1.807) is 18.3 Å². The molecule has 0 aliphatic carbocycles. The van der Waals surface area contributed by atoms with Crippen molar-refractivity contribution in [2.45, 2.75) is 13.0 Å². The summed E-state index contributed by atoms with van der Waals surface area (Å²) in [5.41, 5.74) is 1.63. The molecule has 23 heavy (non-hydrogen) atoms. The summed E-state index contributed by atoms with van der Waals surface area (Å²) in [5, 5.41) is 16.2. The molecule has 3 aromatic heterocycles. The Morgan fingerprint density at radius 2 is 2.30 bits per heavy atom. The van der Waals surface area contributed by atoms with Crippen LogP contribution in [0.2, 0.25) is 0 Å². The highest BCUT2D eigenvalue weighted by molar-refractivity contribution is 7.07. The normalized spacial score (nSPS) is 12.3. The van der Waals surface area contributed by atoms with Crippen LogP contribution in [-0.2, 0) is 0 Å². The molecule has 1 atom stereocenters. The summed E-state index contributed by atoms with van der Waals surface area (Å²) >= 11 is 1.47. The third kappa shape index (κ3) is 3.01. The molecule has 0 aromatic carbocycles. The van der Waals surface area contributed by atoms with E-state index in [0.717, 1.165) is 11.1 Å². The van der Waals surface area contributed by atoms with E-state index in [2.05, 4.69) is 10.3 Å². The Hall–Kier alpha value is -2.51. The highest BCUT2D eigenvalue weighted by Gasteiger charge is 2.16. The number of nitrogens with zero attached hydrogens (tertiary/aromatic N) is 2. The molecule has 118 valence electrons. The van der Waals surface area contributed by atoms with Crippen molar-refractivity contribution in [2.75, 3.05) is 6.54 Å². The summed E-state index contributed by atoms with van der Waals surface area (Å²) in [6, 6.07) is 5.36. The molecule has 3 rings (SSSR count). The number of hydrogen-bond acceptors (Lipinski definition) is 5. The summed E-state index contributed by atoms with van der Waals surface area (Å²) in [7, 11) is 0. The van der Waals surface area contributed by atoms with Crippen molar-refractivity contribution in [3.05, 3.63) is 68.4 Å². The average Bonchev–Trinajstić information content (AvgIpc) is 3.08. The van der Waals surface area contributed by atoms with Crippen LogP contribution < -0.4 is 10.9 Å². The van der Waals surface area contributed by atoms with Crippen LogP contribution in [0.25, 0.3) is 5.65 Å². The number of aryl methyl sites for hydroxylation is 1. The summed E-state index contributed by atoms with van der Waals surface area (Å²) in [6.45, 7) is 1.88. The van der Waals surface area contributed by atoms with E-state index in [1.165, 1.54) is 21.9 Å². The van der Waals surface area contributed by atoms with Crippen LogP contribution in [0.4, 0.5) is 0 Å². The van der Waals surface area contributed by atoms with Crippen LogP contribution in [0, 0.1) is 6.92 Å². The van der Waals surface area contributed by atoms with Gasteiger partial charge >= 0.3 is 0 Å². The minimum Gasteiger partial charge on any atom is -0.387 e. The Balaban J connectivity index is 1.81. The van der Waals surface area contributed by atoms with Crippen LogP contribution in [0.1, 0.15) is 27.6 Å². The predicted molar refractivity (Wildman–Crippen MR) is 87.8 cm³/mol. The van der Waals surface area contributed by atoms with Crippen LogP contribution >= 0.6 is 11.3 Å². The van der Waals surface area contributed by atoms with E-state index in [-0.39, 0.29) is 12.1 Å². The van der Waals surface area contributed by atoms with E-state index in [4.69, 9.17) is 0 Å². The minimum atomic E-state index is -0.802. The second kappa shape index (κ2) is 6.31. The number of aromatic nitrogens is 2. The van der Waals surface area contributed by atoms with Gasteiger partial charge in [0, 0.05) is 18.9 Å². The molecule has 1 amide bonds. The van der Waals surface area contributed by atoms with Crippen molar-refractivity contribution >= 4 is 22.9 Å². The molecule has 2 N–H and O–H groups in total. The summed E-state index contributed by atoms with van der Waals surface area (Å²) in [4.78, 5) is 28.8. The zero-order valence-electron chi connectivity index (χ0n) is 12.4. The van der Waals surface area contributed by atoms with Crippen LogP contribution in [0.15, 0.2) is 46.1 Å². The number of thiophene rings is 1. The third-order valence-corrected chi connectivity index (χ3v) is 4.26. The maximum absolute atomic E-state index is 12.4. The van der Waals surface area contributed by atoms with Gasteiger partial charge in [-0.2, -0.15) is 11.3 Å². The molecular formula is C16H15N3O3S. The largest absolute Gasteiger partial charge is 0.387 e. The lowest BCUT2D eigenvalue weighted by Crippen LogP contribution is -2.34. The fourth-order valence-electron chi connectivity index (χ4n) is 2.27. The topological polar surface area (TPSA) is 83.7 Å². The van der Waals surface area contributed by atoms with E-state index in [1.807, 2.05) is 23.8 Å². The second-order valence-corrected chi connectivity index (χ2v) is 5.92. The van der Waals surface area contributed by atoms with E-state index >= 15 is 0 Å². The van der Waals surface area contributed by atoms with Gasteiger partial charge in [-0.25, -0.2) is 4.98 Å². The number of fused-ring (bicyclic) bond motifs is 1. The Bertz CT molecular complexity index is 903. The molecule has 6 nitrogen and oxygen atoms in total. The molecule has 0 bridgehead atoms. The Morgan fingerprint density at radius 3 is 3.04 bits per heavy atom. The predicted octanol–water partition coefficient (Wildman–Crippen LogP) is 1.53. The molecule has 0 radical (unpaired) electrons. The first-order valence-electron chi connectivity index (χ1n) is 7.03. The SMILES string of the molecule is Cc1cccn2c(=O)c(C(=O)NCC(O)c3ccsc3)cnc12. The molecule has 0 aliphatic heterocycles. The van der Waals surface area contributed by atoms with Gasteiger partial charge in [0.25, 0.3) is 11.5 Å². The molecular weight excluding hydrogens is 314 g/mol. The quantitative estimate of drug-likeness (QED) is 0.760. The van der Waals surface area contributed by atoms with Gasteiger partial charge in [-0.15, -0.1) is 0 Å². The molecule has 3 aromatic rings.